The lowest BCUT2D eigenvalue weighted by molar-refractivity contribution is -0.120. The van der Waals surface area contributed by atoms with Gasteiger partial charge in [0.05, 0.1) is 30.2 Å². The molecule has 0 fully saturated rings. The van der Waals surface area contributed by atoms with Crippen LogP contribution in [0.4, 0.5) is 9.59 Å². The van der Waals surface area contributed by atoms with Gasteiger partial charge in [-0.25, -0.2) is 19.4 Å². The number of amides is 3. The van der Waals surface area contributed by atoms with Gasteiger partial charge < -0.3 is 34.9 Å². The number of benzene rings is 1. The summed E-state index contributed by atoms with van der Waals surface area (Å²) in [6.07, 6.45) is -1.67. The van der Waals surface area contributed by atoms with Crippen molar-refractivity contribution >= 4 is 48.5 Å². The van der Waals surface area contributed by atoms with E-state index in [4.69, 9.17) is 14.1 Å². The monoisotopic (exact) mass is 603 g/mol. The molecule has 16 heteroatoms. The van der Waals surface area contributed by atoms with E-state index in [2.05, 4.69) is 25.9 Å². The molecule has 0 saturated heterocycles. The van der Waals surface area contributed by atoms with Gasteiger partial charge in [-0.3, -0.25) is 10.1 Å². The Morgan fingerprint density at radius 1 is 1.14 bits per heavy atom. The van der Waals surface area contributed by atoms with Gasteiger partial charge in [0.25, 0.3) is 0 Å². The number of aromatic nitrogens is 1. The smallest absolute Gasteiger partial charge is 0.534 e. The summed E-state index contributed by atoms with van der Waals surface area (Å²) in [5.74, 6) is -2.52. The number of para-hydroxylation sites is 1. The number of carboxylic acids is 1. The number of nitrogens with zero attached hydrogens (tertiary/aromatic N) is 2. The van der Waals surface area contributed by atoms with Crippen molar-refractivity contribution < 1.29 is 43.4 Å². The van der Waals surface area contributed by atoms with Gasteiger partial charge in [-0.05, 0) is 59.6 Å². The number of aliphatic imine (C=N–C) groups is 1. The van der Waals surface area contributed by atoms with Gasteiger partial charge in [0.15, 0.2) is 0 Å². The summed E-state index contributed by atoms with van der Waals surface area (Å²) in [7, 11) is -1.43. The number of alkyl carbamates (subject to hydrolysis) is 1. The van der Waals surface area contributed by atoms with Crippen LogP contribution in [0.15, 0.2) is 28.6 Å². The summed E-state index contributed by atoms with van der Waals surface area (Å²) < 4.78 is 15.8. The maximum absolute atomic E-state index is 12.7. The Morgan fingerprint density at radius 2 is 1.83 bits per heavy atom. The van der Waals surface area contributed by atoms with E-state index in [9.17, 15) is 29.3 Å². The Labute approximate surface area is 247 Å². The van der Waals surface area contributed by atoms with Crippen LogP contribution < -0.4 is 20.6 Å². The molecular formula is C26H34BN5O9S. The van der Waals surface area contributed by atoms with Crippen molar-refractivity contribution in [2.75, 3.05) is 0 Å². The average molecular weight is 603 g/mol. The van der Waals surface area contributed by atoms with Crippen LogP contribution in [0.1, 0.15) is 68.2 Å². The van der Waals surface area contributed by atoms with E-state index in [0.29, 0.717) is 16.3 Å². The Kier molecular flexibility index (Phi) is 10.2. The number of carbonyl (C=O) groups is 4. The van der Waals surface area contributed by atoms with Crippen molar-refractivity contribution in [1.82, 2.24) is 20.9 Å². The highest BCUT2D eigenvalue weighted by Crippen LogP contribution is 2.30. The number of thiazole rings is 1. The molecule has 1 aliphatic rings. The first-order valence-corrected chi connectivity index (χ1v) is 13.8. The predicted molar refractivity (Wildman–Crippen MR) is 153 cm³/mol. The van der Waals surface area contributed by atoms with E-state index in [1.807, 2.05) is 0 Å². The van der Waals surface area contributed by atoms with Gasteiger partial charge in [0, 0.05) is 5.38 Å². The van der Waals surface area contributed by atoms with Crippen molar-refractivity contribution in [2.24, 2.45) is 4.99 Å². The summed E-state index contributed by atoms with van der Waals surface area (Å²) in [4.78, 5) is 56.8. The summed E-state index contributed by atoms with van der Waals surface area (Å²) in [5, 5.41) is 29.8. The fourth-order valence-corrected chi connectivity index (χ4v) is 4.43. The molecule has 0 aliphatic carbocycles. The van der Waals surface area contributed by atoms with E-state index < -0.39 is 48.3 Å². The fourth-order valence-electron chi connectivity index (χ4n) is 3.70. The predicted octanol–water partition coefficient (Wildman–Crippen LogP) is 2.43. The number of rotatable bonds is 6. The molecule has 0 radical (unpaired) electrons. The van der Waals surface area contributed by atoms with E-state index >= 15 is 0 Å². The van der Waals surface area contributed by atoms with Crippen molar-refractivity contribution in [3.63, 3.8) is 0 Å². The van der Waals surface area contributed by atoms with Crippen LogP contribution in [0, 0.1) is 0 Å². The Morgan fingerprint density at radius 3 is 2.48 bits per heavy atom. The number of nitrogens with one attached hydrogen (secondary N) is 3. The summed E-state index contributed by atoms with van der Waals surface area (Å²) in [5.41, 5.74) is -0.652. The van der Waals surface area contributed by atoms with E-state index in [1.165, 1.54) is 17.4 Å². The molecule has 14 nitrogen and oxygen atoms in total. The lowest BCUT2D eigenvalue weighted by atomic mass is 9.72. The van der Waals surface area contributed by atoms with Crippen molar-refractivity contribution in [3.8, 4) is 5.75 Å². The van der Waals surface area contributed by atoms with Gasteiger partial charge >= 0.3 is 25.3 Å². The minimum Gasteiger partial charge on any atom is -0.534 e. The van der Waals surface area contributed by atoms with Crippen LogP contribution in [0.2, 0.25) is 0 Å². The minimum absolute atomic E-state index is 0.0571. The molecule has 0 saturated carbocycles. The minimum atomic E-state index is -1.43. The summed E-state index contributed by atoms with van der Waals surface area (Å²) in [6.45, 7) is 10.2. The second-order valence-corrected chi connectivity index (χ2v) is 12.3. The quantitative estimate of drug-likeness (QED) is 0.185. The molecule has 3 amide bonds. The van der Waals surface area contributed by atoms with Crippen LogP contribution in [0.3, 0.4) is 0 Å². The molecule has 0 unspecified atom stereocenters. The third kappa shape index (κ3) is 10.0. The number of aromatic carboxylic acids is 1. The van der Waals surface area contributed by atoms with Gasteiger partial charge in [-0.15, -0.1) is 16.3 Å². The molecule has 5 N–H and O–H groups in total. The second-order valence-electron chi connectivity index (χ2n) is 11.3. The zero-order chi connectivity index (χ0) is 31.2. The normalized spacial score (nSPS) is 15.2. The molecule has 3 rings (SSSR count). The largest absolute Gasteiger partial charge is 0.547 e. The maximum atomic E-state index is 12.7. The lowest BCUT2D eigenvalue weighted by Gasteiger charge is -2.28. The first kappa shape index (κ1) is 32.3. The number of fused-ring (bicyclic) bond motifs is 1. The molecule has 42 heavy (non-hydrogen) atoms. The lowest BCUT2D eigenvalue weighted by Crippen LogP contribution is -2.53. The Balaban J connectivity index is 1.60. The SMILES string of the molecule is CC(C)(C)OC(=O)/N=C(/NCc1nc(CC(=O)N[C@H]2Cc3cccc(C(=O)O)c3OB2O)cs1)NC(=O)OC(C)(C)C. The van der Waals surface area contributed by atoms with Gasteiger partial charge in [-0.1, -0.05) is 12.1 Å². The standard InChI is InChI=1S/C26H34BN5O9S/c1-25(2,3)39-23(36)31-22(32-24(37)40-26(4,5)6)28-12-19-29-15(13-42-19)11-18(33)30-17-10-14-8-7-9-16(21(34)35)20(14)41-27(17)38/h7-9,13,17,38H,10-12H2,1-6H3,(H,30,33)(H,34,35)(H2,28,31,32,36,37)/t17-/m0/s1. The zero-order valence-corrected chi connectivity index (χ0v) is 25.0. The molecule has 0 spiro atoms. The van der Waals surface area contributed by atoms with E-state index in [1.54, 1.807) is 59.1 Å². The summed E-state index contributed by atoms with van der Waals surface area (Å²) >= 11 is 1.23. The first-order chi connectivity index (χ1) is 19.5. The average Bonchev–Trinajstić information content (AvgIpc) is 3.27. The van der Waals surface area contributed by atoms with Crippen molar-refractivity contribution in [3.05, 3.63) is 45.4 Å². The number of carboxylic acid groups (broad SMARTS) is 1. The zero-order valence-electron chi connectivity index (χ0n) is 24.1. The molecule has 226 valence electrons. The van der Waals surface area contributed by atoms with E-state index in [0.717, 1.165) is 0 Å². The Hall–Kier alpha value is -4.18. The number of hydrogen-bond donors (Lipinski definition) is 5. The van der Waals surface area contributed by atoms with Crippen LogP contribution in [0.25, 0.3) is 0 Å². The second kappa shape index (κ2) is 13.2. The fraction of sp³-hybridized carbons (Fsp3) is 0.462. The molecule has 1 aliphatic heterocycles. The topological polar surface area (TPSA) is 198 Å². The van der Waals surface area contributed by atoms with Gasteiger partial charge in [0.1, 0.15) is 22.0 Å². The number of guanidine groups is 1. The van der Waals surface area contributed by atoms with Crippen LogP contribution >= 0.6 is 11.3 Å². The van der Waals surface area contributed by atoms with Crippen molar-refractivity contribution in [2.45, 2.75) is 78.1 Å². The number of hydrogen-bond acceptors (Lipinski definition) is 10. The third-order valence-corrected chi connectivity index (χ3v) is 6.16. The molecule has 2 heterocycles. The highest BCUT2D eigenvalue weighted by atomic mass is 32.1. The van der Waals surface area contributed by atoms with Gasteiger partial charge in [0.2, 0.25) is 11.9 Å². The molecule has 1 atom stereocenters. The number of carbonyl (C=O) groups excluding carboxylic acids is 3. The van der Waals surface area contributed by atoms with Gasteiger partial charge in [-0.2, -0.15) is 0 Å². The molecule has 0 bridgehead atoms. The highest BCUT2D eigenvalue weighted by molar-refractivity contribution is 7.09. The van der Waals surface area contributed by atoms with Crippen LogP contribution in [0.5, 0.6) is 5.75 Å². The van der Waals surface area contributed by atoms with Crippen molar-refractivity contribution in [1.29, 1.82) is 0 Å². The van der Waals surface area contributed by atoms with Crippen LogP contribution in [-0.2, 0) is 33.7 Å². The maximum Gasteiger partial charge on any atom is 0.547 e. The van der Waals surface area contributed by atoms with E-state index in [-0.39, 0.29) is 36.7 Å². The molecule has 2 aromatic rings. The third-order valence-electron chi connectivity index (χ3n) is 5.26. The molecular weight excluding hydrogens is 569 g/mol. The molecule has 1 aromatic heterocycles. The van der Waals surface area contributed by atoms with Crippen LogP contribution in [-0.4, -0.2) is 69.4 Å². The highest BCUT2D eigenvalue weighted by Gasteiger charge is 2.37. The first-order valence-electron chi connectivity index (χ1n) is 13.0. The number of ether oxygens (including phenoxy) is 2. The summed E-state index contributed by atoms with van der Waals surface area (Å²) in [6, 6.07) is 4.62. The molecule has 1 aromatic carbocycles. The Bertz CT molecular complexity index is 1370.